The van der Waals surface area contributed by atoms with E-state index in [4.69, 9.17) is 0 Å². The molecule has 1 N–H and O–H groups in total. The van der Waals surface area contributed by atoms with Crippen molar-refractivity contribution in [3.63, 3.8) is 0 Å². The van der Waals surface area contributed by atoms with Crippen molar-refractivity contribution < 1.29 is 0 Å². The smallest absolute Gasteiger partial charge is 0.0701 e. The van der Waals surface area contributed by atoms with Gasteiger partial charge in [0.15, 0.2) is 0 Å². The Balaban J connectivity index is 1.84. The number of halogens is 1. The lowest BCUT2D eigenvalue weighted by molar-refractivity contribution is 0.702. The summed E-state index contributed by atoms with van der Waals surface area (Å²) in [5.74, 6) is 0. The van der Waals surface area contributed by atoms with E-state index in [-0.39, 0.29) is 0 Å². The molecule has 0 saturated heterocycles. The Hall–Kier alpha value is -0.160. The van der Waals surface area contributed by atoms with Crippen molar-refractivity contribution in [1.82, 2.24) is 5.32 Å². The fourth-order valence-corrected chi connectivity index (χ4v) is 3.74. The van der Waals surface area contributed by atoms with E-state index in [2.05, 4.69) is 52.6 Å². The Labute approximate surface area is 113 Å². The van der Waals surface area contributed by atoms with Crippen LogP contribution < -0.4 is 5.32 Å². The topological polar surface area (TPSA) is 12.0 Å². The van der Waals surface area contributed by atoms with E-state index in [1.54, 1.807) is 11.3 Å². The third-order valence-corrected chi connectivity index (χ3v) is 5.17. The fourth-order valence-electron chi connectivity index (χ4n) is 1.51. The Kier molecular flexibility index (Phi) is 4.19. The first-order valence-corrected chi connectivity index (χ1v) is 7.63. The summed E-state index contributed by atoms with van der Waals surface area (Å²) in [5, 5.41) is 5.65. The molecule has 16 heavy (non-hydrogen) atoms. The molecule has 0 fully saturated rings. The maximum Gasteiger partial charge on any atom is 0.0701 e. The van der Waals surface area contributed by atoms with Gasteiger partial charge in [0.05, 0.1) is 3.79 Å². The van der Waals surface area contributed by atoms with Crippen LogP contribution in [0.3, 0.4) is 0 Å². The maximum absolute atomic E-state index is 3.47. The highest BCUT2D eigenvalue weighted by atomic mass is 79.9. The molecule has 0 aliphatic rings. The molecule has 0 unspecified atom stereocenters. The van der Waals surface area contributed by atoms with Crippen LogP contribution in [-0.2, 0) is 13.1 Å². The number of rotatable bonds is 4. The molecular formula is C12H14BrNS2. The van der Waals surface area contributed by atoms with Crippen LogP contribution in [0.4, 0.5) is 0 Å². The maximum atomic E-state index is 3.47. The minimum Gasteiger partial charge on any atom is -0.308 e. The zero-order chi connectivity index (χ0) is 11.5. The Bertz CT molecular complexity index is 454. The van der Waals surface area contributed by atoms with Gasteiger partial charge in [-0.1, -0.05) is 0 Å². The molecule has 2 aromatic rings. The Morgan fingerprint density at radius 2 is 2.06 bits per heavy atom. The standard InChI is InChI=1S/C12H14BrNS2/c1-8-3-11(16-9(8)2)6-14-5-10-4-12(13)15-7-10/h3-4,7,14H,5-6H2,1-2H3. The summed E-state index contributed by atoms with van der Waals surface area (Å²) in [5.41, 5.74) is 2.75. The largest absolute Gasteiger partial charge is 0.308 e. The van der Waals surface area contributed by atoms with Gasteiger partial charge in [0.1, 0.15) is 0 Å². The Morgan fingerprint density at radius 3 is 2.62 bits per heavy atom. The van der Waals surface area contributed by atoms with Crippen molar-refractivity contribution in [2.75, 3.05) is 0 Å². The molecule has 2 rings (SSSR count). The molecule has 0 amide bonds. The molecule has 1 nitrogen and oxygen atoms in total. The molecule has 4 heteroatoms. The number of hydrogen-bond acceptors (Lipinski definition) is 3. The molecule has 0 aliphatic carbocycles. The van der Waals surface area contributed by atoms with Crippen LogP contribution in [0.2, 0.25) is 0 Å². The van der Waals surface area contributed by atoms with Gasteiger partial charge in [0.25, 0.3) is 0 Å². The fraction of sp³-hybridized carbons (Fsp3) is 0.333. The molecule has 2 heterocycles. The van der Waals surface area contributed by atoms with Crippen molar-refractivity contribution >= 4 is 38.6 Å². The van der Waals surface area contributed by atoms with E-state index in [0.29, 0.717) is 0 Å². The second kappa shape index (κ2) is 5.45. The van der Waals surface area contributed by atoms with E-state index in [9.17, 15) is 0 Å². The normalized spacial score (nSPS) is 10.9. The number of aryl methyl sites for hydroxylation is 2. The number of hydrogen-bond donors (Lipinski definition) is 1. The lowest BCUT2D eigenvalue weighted by Crippen LogP contribution is -2.10. The first-order valence-electron chi connectivity index (χ1n) is 5.14. The van der Waals surface area contributed by atoms with Gasteiger partial charge in [-0.25, -0.2) is 0 Å². The second-order valence-corrected chi connectivity index (χ2v) is 7.45. The number of thiophene rings is 2. The molecule has 0 aliphatic heterocycles. The average molecular weight is 316 g/mol. The van der Waals surface area contributed by atoms with Gasteiger partial charge in [-0.3, -0.25) is 0 Å². The van der Waals surface area contributed by atoms with Crippen molar-refractivity contribution in [2.45, 2.75) is 26.9 Å². The van der Waals surface area contributed by atoms with Crippen molar-refractivity contribution in [2.24, 2.45) is 0 Å². The summed E-state index contributed by atoms with van der Waals surface area (Å²) in [6.45, 7) is 6.26. The lowest BCUT2D eigenvalue weighted by Gasteiger charge is -2.00. The average Bonchev–Trinajstić information content (AvgIpc) is 2.75. The van der Waals surface area contributed by atoms with Crippen LogP contribution in [0.5, 0.6) is 0 Å². The van der Waals surface area contributed by atoms with Crippen LogP contribution in [0.25, 0.3) is 0 Å². The summed E-state index contributed by atoms with van der Waals surface area (Å²) in [7, 11) is 0. The van der Waals surface area contributed by atoms with E-state index in [1.165, 1.54) is 24.7 Å². The van der Waals surface area contributed by atoms with Gasteiger partial charge < -0.3 is 5.32 Å². The summed E-state index contributed by atoms with van der Waals surface area (Å²) in [4.78, 5) is 2.85. The highest BCUT2D eigenvalue weighted by molar-refractivity contribution is 9.11. The van der Waals surface area contributed by atoms with Gasteiger partial charge in [-0.05, 0) is 58.4 Å². The predicted molar refractivity (Wildman–Crippen MR) is 76.4 cm³/mol. The minimum absolute atomic E-state index is 0.943. The molecule has 0 radical (unpaired) electrons. The summed E-state index contributed by atoms with van der Waals surface area (Å²) >= 11 is 7.10. The van der Waals surface area contributed by atoms with E-state index in [0.717, 1.165) is 13.1 Å². The molecule has 0 saturated carbocycles. The first kappa shape index (κ1) is 12.3. The van der Waals surface area contributed by atoms with Gasteiger partial charge in [0.2, 0.25) is 0 Å². The quantitative estimate of drug-likeness (QED) is 0.877. The second-order valence-electron chi connectivity index (χ2n) is 3.81. The lowest BCUT2D eigenvalue weighted by atomic mass is 10.3. The molecule has 0 atom stereocenters. The highest BCUT2D eigenvalue weighted by Crippen LogP contribution is 2.22. The van der Waals surface area contributed by atoms with E-state index in [1.807, 2.05) is 11.3 Å². The molecule has 2 aromatic heterocycles. The third-order valence-electron chi connectivity index (χ3n) is 2.47. The SMILES string of the molecule is Cc1cc(CNCc2csc(Br)c2)sc1C. The van der Waals surface area contributed by atoms with Crippen LogP contribution in [0.1, 0.15) is 20.9 Å². The number of nitrogens with one attached hydrogen (secondary N) is 1. The molecule has 86 valence electrons. The monoisotopic (exact) mass is 315 g/mol. The zero-order valence-corrected chi connectivity index (χ0v) is 12.6. The molecule has 0 spiro atoms. The summed E-state index contributed by atoms with van der Waals surface area (Å²) in [6.07, 6.45) is 0. The zero-order valence-electron chi connectivity index (χ0n) is 9.34. The Morgan fingerprint density at radius 1 is 1.25 bits per heavy atom. The molecular weight excluding hydrogens is 302 g/mol. The molecule has 0 bridgehead atoms. The van der Waals surface area contributed by atoms with Crippen LogP contribution >= 0.6 is 38.6 Å². The summed E-state index contributed by atoms with van der Waals surface area (Å²) in [6, 6.07) is 4.44. The van der Waals surface area contributed by atoms with Crippen LogP contribution in [-0.4, -0.2) is 0 Å². The van der Waals surface area contributed by atoms with Crippen molar-refractivity contribution in [3.8, 4) is 0 Å². The minimum atomic E-state index is 0.943. The van der Waals surface area contributed by atoms with Gasteiger partial charge >= 0.3 is 0 Å². The summed E-state index contributed by atoms with van der Waals surface area (Å²) < 4.78 is 1.20. The van der Waals surface area contributed by atoms with Crippen LogP contribution in [0, 0.1) is 13.8 Å². The van der Waals surface area contributed by atoms with Gasteiger partial charge in [-0.2, -0.15) is 0 Å². The first-order chi connectivity index (χ1) is 7.65. The van der Waals surface area contributed by atoms with E-state index >= 15 is 0 Å². The molecule has 0 aromatic carbocycles. The van der Waals surface area contributed by atoms with Crippen molar-refractivity contribution in [3.05, 3.63) is 42.2 Å². The van der Waals surface area contributed by atoms with E-state index < -0.39 is 0 Å². The van der Waals surface area contributed by atoms with Gasteiger partial charge in [0, 0.05) is 22.8 Å². The van der Waals surface area contributed by atoms with Crippen LogP contribution in [0.15, 0.2) is 21.3 Å². The van der Waals surface area contributed by atoms with Gasteiger partial charge in [-0.15, -0.1) is 22.7 Å². The van der Waals surface area contributed by atoms with Crippen molar-refractivity contribution in [1.29, 1.82) is 0 Å². The highest BCUT2D eigenvalue weighted by Gasteiger charge is 2.01. The predicted octanol–water partition coefficient (Wildman–Crippen LogP) is 4.48. The third kappa shape index (κ3) is 3.17.